The summed E-state index contributed by atoms with van der Waals surface area (Å²) in [6.45, 7) is 2.73. The summed E-state index contributed by atoms with van der Waals surface area (Å²) >= 11 is 1.73. The third-order valence-corrected chi connectivity index (χ3v) is 8.27. The van der Waals surface area contributed by atoms with Crippen LogP contribution in [0.1, 0.15) is 31.2 Å². The van der Waals surface area contributed by atoms with Gasteiger partial charge in [-0.15, -0.1) is 0 Å². The first kappa shape index (κ1) is 20.6. The number of aliphatic carboxylic acids is 1. The second-order valence-electron chi connectivity index (χ2n) is 6.97. The molecular formula is C16H21F3N2O4S2. The molecule has 1 aromatic rings. The van der Waals surface area contributed by atoms with Crippen molar-refractivity contribution in [2.24, 2.45) is 0 Å². The van der Waals surface area contributed by atoms with Gasteiger partial charge in [0.15, 0.2) is 0 Å². The second-order valence-corrected chi connectivity index (χ2v) is 9.92. The van der Waals surface area contributed by atoms with E-state index in [1.807, 2.05) is 4.31 Å². The van der Waals surface area contributed by atoms with Crippen molar-refractivity contribution in [3.63, 3.8) is 0 Å². The Morgan fingerprint density at radius 2 is 1.81 bits per heavy atom. The van der Waals surface area contributed by atoms with Gasteiger partial charge in [-0.25, -0.2) is 13.2 Å². The van der Waals surface area contributed by atoms with E-state index in [2.05, 4.69) is 21.7 Å². The largest absolute Gasteiger partial charge is 0.490 e. The summed E-state index contributed by atoms with van der Waals surface area (Å²) in [5.74, 6) is -2.76. The SMILES string of the molecule is O=C(O)C(F)(F)F.O=S(=O)(C1CC1)N1CC[C@@H]2[C@@H]1CCN2Cc1ccsc1. The van der Waals surface area contributed by atoms with Gasteiger partial charge in [0.25, 0.3) is 0 Å². The number of rotatable bonds is 4. The number of hydrogen-bond donors (Lipinski definition) is 1. The Morgan fingerprint density at radius 1 is 1.19 bits per heavy atom. The van der Waals surface area contributed by atoms with Crippen LogP contribution in [0.5, 0.6) is 0 Å². The molecule has 4 rings (SSSR count). The zero-order valence-corrected chi connectivity index (χ0v) is 16.1. The number of thiophene rings is 1. The molecule has 1 N–H and O–H groups in total. The highest BCUT2D eigenvalue weighted by molar-refractivity contribution is 7.90. The number of carbonyl (C=O) groups is 1. The predicted octanol–water partition coefficient (Wildman–Crippen LogP) is 2.52. The molecule has 1 aromatic heterocycles. The van der Waals surface area contributed by atoms with Crippen LogP contribution in [0.4, 0.5) is 13.2 Å². The fourth-order valence-electron chi connectivity index (χ4n) is 3.72. The average Bonchev–Trinajstić information content (AvgIpc) is 3.00. The van der Waals surface area contributed by atoms with Gasteiger partial charge in [-0.05, 0) is 48.1 Å². The zero-order chi connectivity index (χ0) is 19.8. The molecule has 11 heteroatoms. The minimum Gasteiger partial charge on any atom is -0.475 e. The molecule has 0 radical (unpaired) electrons. The summed E-state index contributed by atoms with van der Waals surface area (Å²) in [5.41, 5.74) is 1.36. The highest BCUT2D eigenvalue weighted by atomic mass is 32.2. The molecule has 0 amide bonds. The first-order chi connectivity index (χ1) is 12.6. The lowest BCUT2D eigenvalue weighted by Gasteiger charge is -2.25. The lowest BCUT2D eigenvalue weighted by atomic mass is 10.1. The van der Waals surface area contributed by atoms with Crippen molar-refractivity contribution in [2.45, 2.75) is 55.7 Å². The molecule has 0 unspecified atom stereocenters. The minimum absolute atomic E-state index is 0.0628. The molecule has 152 valence electrons. The van der Waals surface area contributed by atoms with E-state index >= 15 is 0 Å². The normalized spacial score (nSPS) is 26.5. The van der Waals surface area contributed by atoms with Crippen LogP contribution < -0.4 is 0 Å². The molecule has 3 heterocycles. The van der Waals surface area contributed by atoms with Gasteiger partial charge in [0.05, 0.1) is 5.25 Å². The van der Waals surface area contributed by atoms with Gasteiger partial charge in [0.2, 0.25) is 10.0 Å². The number of likely N-dealkylation sites (tertiary alicyclic amines) is 1. The molecule has 1 aliphatic carbocycles. The molecule has 0 aromatic carbocycles. The number of sulfonamides is 1. The highest BCUT2D eigenvalue weighted by Crippen LogP contribution is 2.39. The van der Waals surface area contributed by atoms with Crippen LogP contribution in [0, 0.1) is 0 Å². The summed E-state index contributed by atoms with van der Waals surface area (Å²) in [7, 11) is -3.00. The Bertz CT molecular complexity index is 763. The van der Waals surface area contributed by atoms with Crippen LogP contribution in [0.2, 0.25) is 0 Å². The molecule has 2 saturated heterocycles. The van der Waals surface area contributed by atoms with Gasteiger partial charge in [0.1, 0.15) is 0 Å². The lowest BCUT2D eigenvalue weighted by Crippen LogP contribution is -2.41. The van der Waals surface area contributed by atoms with Crippen molar-refractivity contribution in [1.29, 1.82) is 0 Å². The number of alkyl halides is 3. The third-order valence-electron chi connectivity index (χ3n) is 5.12. The maximum absolute atomic E-state index is 12.5. The van der Waals surface area contributed by atoms with Crippen LogP contribution in [0.3, 0.4) is 0 Å². The van der Waals surface area contributed by atoms with E-state index < -0.39 is 22.2 Å². The van der Waals surface area contributed by atoms with Crippen molar-refractivity contribution >= 4 is 27.3 Å². The average molecular weight is 426 g/mol. The zero-order valence-electron chi connectivity index (χ0n) is 14.4. The van der Waals surface area contributed by atoms with Crippen LogP contribution >= 0.6 is 11.3 Å². The molecule has 6 nitrogen and oxygen atoms in total. The Labute approximate surface area is 159 Å². The Balaban J connectivity index is 0.000000260. The summed E-state index contributed by atoms with van der Waals surface area (Å²) in [4.78, 5) is 11.4. The number of halogens is 3. The molecule has 0 spiro atoms. The molecular weight excluding hydrogens is 405 g/mol. The first-order valence-corrected chi connectivity index (χ1v) is 11.1. The van der Waals surface area contributed by atoms with E-state index in [9.17, 15) is 21.6 Å². The highest BCUT2D eigenvalue weighted by Gasteiger charge is 2.50. The van der Waals surface area contributed by atoms with Crippen molar-refractivity contribution in [1.82, 2.24) is 9.21 Å². The standard InChI is InChI=1S/C14H20N2O2S2.C2HF3O2/c17-20(18,12-1-2-12)16-7-4-13-14(16)3-6-15(13)9-11-5-8-19-10-11;3-2(4,5)1(6)7/h5,8,10,12-14H,1-4,6-7,9H2;(H,6,7)/t13-,14+;/m1./s1. The molecule has 0 bridgehead atoms. The van der Waals surface area contributed by atoms with Gasteiger partial charge < -0.3 is 5.11 Å². The fraction of sp³-hybridized carbons (Fsp3) is 0.688. The number of carboxylic acid groups (broad SMARTS) is 1. The van der Waals surface area contributed by atoms with E-state index in [4.69, 9.17) is 9.90 Å². The number of fused-ring (bicyclic) bond motifs is 1. The van der Waals surface area contributed by atoms with Gasteiger partial charge in [-0.1, -0.05) is 0 Å². The van der Waals surface area contributed by atoms with Gasteiger partial charge in [-0.3, -0.25) is 4.90 Å². The van der Waals surface area contributed by atoms with Crippen LogP contribution in [-0.2, 0) is 21.4 Å². The van der Waals surface area contributed by atoms with Crippen molar-refractivity contribution in [3.05, 3.63) is 22.4 Å². The predicted molar refractivity (Wildman–Crippen MR) is 93.9 cm³/mol. The van der Waals surface area contributed by atoms with Crippen molar-refractivity contribution in [2.75, 3.05) is 13.1 Å². The molecule has 1 saturated carbocycles. The maximum Gasteiger partial charge on any atom is 0.490 e. The van der Waals surface area contributed by atoms with Crippen molar-refractivity contribution in [3.8, 4) is 0 Å². The van der Waals surface area contributed by atoms with E-state index in [0.29, 0.717) is 6.04 Å². The molecule has 3 fully saturated rings. The Kier molecular flexibility index (Phi) is 5.85. The van der Waals surface area contributed by atoms with E-state index in [0.717, 1.165) is 45.3 Å². The number of nitrogens with zero attached hydrogens (tertiary/aromatic N) is 2. The van der Waals surface area contributed by atoms with Gasteiger partial charge >= 0.3 is 12.1 Å². The lowest BCUT2D eigenvalue weighted by molar-refractivity contribution is -0.192. The second kappa shape index (κ2) is 7.69. The third kappa shape index (κ3) is 4.64. The number of carboxylic acids is 1. The van der Waals surface area contributed by atoms with E-state index in [1.54, 1.807) is 11.3 Å². The first-order valence-electron chi connectivity index (χ1n) is 8.66. The molecule has 2 atom stereocenters. The molecule has 2 aliphatic heterocycles. The molecule has 27 heavy (non-hydrogen) atoms. The van der Waals surface area contributed by atoms with Crippen LogP contribution in [-0.4, -0.2) is 65.3 Å². The van der Waals surface area contributed by atoms with Gasteiger partial charge in [0, 0.05) is 31.7 Å². The Morgan fingerprint density at radius 3 is 2.33 bits per heavy atom. The summed E-state index contributed by atoms with van der Waals surface area (Å²) < 4.78 is 58.5. The number of hydrogen-bond acceptors (Lipinski definition) is 5. The monoisotopic (exact) mass is 426 g/mol. The Hall–Kier alpha value is -1.17. The van der Waals surface area contributed by atoms with Crippen LogP contribution in [0.25, 0.3) is 0 Å². The minimum atomic E-state index is -5.08. The summed E-state index contributed by atoms with van der Waals surface area (Å²) in [6.07, 6.45) is -1.34. The fourth-order valence-corrected chi connectivity index (χ4v) is 6.48. The van der Waals surface area contributed by atoms with Crippen molar-refractivity contribution < 1.29 is 31.5 Å². The smallest absolute Gasteiger partial charge is 0.475 e. The summed E-state index contributed by atoms with van der Waals surface area (Å²) in [6, 6.07) is 2.84. The van der Waals surface area contributed by atoms with Crippen LogP contribution in [0.15, 0.2) is 16.8 Å². The maximum atomic E-state index is 12.5. The quantitative estimate of drug-likeness (QED) is 0.801. The van der Waals surface area contributed by atoms with Gasteiger partial charge in [-0.2, -0.15) is 28.8 Å². The van der Waals surface area contributed by atoms with E-state index in [1.165, 1.54) is 5.56 Å². The summed E-state index contributed by atoms with van der Waals surface area (Å²) in [5, 5.41) is 11.4. The topological polar surface area (TPSA) is 77.9 Å². The van der Waals surface area contributed by atoms with E-state index in [-0.39, 0.29) is 11.3 Å². The molecule has 3 aliphatic rings.